The number of hydrogen-bond acceptors (Lipinski definition) is 2. The summed E-state index contributed by atoms with van der Waals surface area (Å²) in [6, 6.07) is -0.170. The van der Waals surface area contributed by atoms with E-state index in [1.165, 1.54) is 4.90 Å². The van der Waals surface area contributed by atoms with Crippen molar-refractivity contribution in [1.29, 1.82) is 0 Å². The van der Waals surface area contributed by atoms with Crippen molar-refractivity contribution in [2.24, 2.45) is 5.92 Å². The first-order chi connectivity index (χ1) is 6.84. The highest BCUT2D eigenvalue weighted by Crippen LogP contribution is 2.28. The van der Waals surface area contributed by atoms with E-state index < -0.39 is 18.0 Å². The Labute approximate surface area is 98.8 Å². The van der Waals surface area contributed by atoms with Gasteiger partial charge in [0.25, 0.3) is 0 Å². The Hall–Kier alpha value is -0.490. The van der Waals surface area contributed by atoms with Crippen molar-refractivity contribution in [3.63, 3.8) is 0 Å². The molecular weight excluding hydrogens is 245 g/mol. The molecule has 1 fully saturated rings. The predicted molar refractivity (Wildman–Crippen MR) is 56.5 cm³/mol. The lowest BCUT2D eigenvalue weighted by atomic mass is 10.1. The molecule has 3 nitrogen and oxygen atoms in total. The van der Waals surface area contributed by atoms with Crippen LogP contribution in [0.4, 0.5) is 13.2 Å². The van der Waals surface area contributed by atoms with Crippen molar-refractivity contribution in [2.75, 3.05) is 19.6 Å². The first-order valence-electron chi connectivity index (χ1n) is 4.92. The van der Waals surface area contributed by atoms with E-state index in [2.05, 4.69) is 5.32 Å². The minimum absolute atomic E-state index is 0. The maximum absolute atomic E-state index is 12.3. The molecule has 0 saturated carbocycles. The van der Waals surface area contributed by atoms with Gasteiger partial charge >= 0.3 is 6.18 Å². The number of alkyl halides is 3. The number of carbonyl (C=O) groups is 1. The lowest BCUT2D eigenvalue weighted by Crippen LogP contribution is -2.55. The lowest BCUT2D eigenvalue weighted by molar-refractivity contribution is -0.187. The van der Waals surface area contributed by atoms with Crippen LogP contribution in [-0.2, 0) is 4.79 Å². The van der Waals surface area contributed by atoms with Crippen molar-refractivity contribution in [3.05, 3.63) is 0 Å². The molecule has 0 aliphatic carbocycles. The number of carbonyl (C=O) groups excluding carboxylic acids is 1. The minimum Gasteiger partial charge on any atom is -0.337 e. The van der Waals surface area contributed by atoms with Crippen LogP contribution in [0.2, 0.25) is 0 Å². The van der Waals surface area contributed by atoms with Gasteiger partial charge in [0.1, 0.15) is 5.92 Å². The molecule has 7 heteroatoms. The summed E-state index contributed by atoms with van der Waals surface area (Å²) in [6.45, 7) is 4.11. The van der Waals surface area contributed by atoms with Crippen LogP contribution >= 0.6 is 12.4 Å². The van der Waals surface area contributed by atoms with E-state index >= 15 is 0 Å². The van der Waals surface area contributed by atoms with Crippen molar-refractivity contribution in [3.8, 4) is 0 Å². The van der Waals surface area contributed by atoms with Crippen LogP contribution in [0.5, 0.6) is 0 Å². The van der Waals surface area contributed by atoms with Gasteiger partial charge in [0.05, 0.1) is 0 Å². The van der Waals surface area contributed by atoms with Crippen molar-refractivity contribution < 1.29 is 18.0 Å². The molecular formula is C9H16ClF3N2O. The second-order valence-electron chi connectivity index (χ2n) is 3.85. The Morgan fingerprint density at radius 2 is 2.06 bits per heavy atom. The van der Waals surface area contributed by atoms with Gasteiger partial charge in [-0.2, -0.15) is 13.2 Å². The zero-order valence-corrected chi connectivity index (χ0v) is 9.99. The Kier molecular flexibility index (Phi) is 5.55. The number of nitrogens with zero attached hydrogens (tertiary/aromatic N) is 1. The maximum Gasteiger partial charge on any atom is 0.400 e. The van der Waals surface area contributed by atoms with Crippen molar-refractivity contribution >= 4 is 18.3 Å². The van der Waals surface area contributed by atoms with Gasteiger partial charge in [-0.15, -0.1) is 12.4 Å². The second-order valence-corrected chi connectivity index (χ2v) is 3.85. The number of hydrogen-bond donors (Lipinski definition) is 1. The van der Waals surface area contributed by atoms with E-state index in [0.717, 1.165) is 6.92 Å². The van der Waals surface area contributed by atoms with E-state index in [0.29, 0.717) is 19.6 Å². The molecule has 0 aromatic heterocycles. The predicted octanol–water partition coefficient (Wildman–Crippen LogP) is 1.43. The fourth-order valence-electron chi connectivity index (χ4n) is 1.56. The molecule has 1 amide bonds. The molecule has 96 valence electrons. The summed E-state index contributed by atoms with van der Waals surface area (Å²) < 4.78 is 37.0. The molecule has 1 saturated heterocycles. The van der Waals surface area contributed by atoms with Crippen LogP contribution in [0.15, 0.2) is 0 Å². The highest BCUT2D eigenvalue weighted by atomic mass is 35.5. The third kappa shape index (κ3) is 3.52. The molecule has 1 rings (SSSR count). The van der Waals surface area contributed by atoms with Gasteiger partial charge in [0.15, 0.2) is 0 Å². The van der Waals surface area contributed by atoms with E-state index in [-0.39, 0.29) is 18.4 Å². The molecule has 1 N–H and O–H groups in total. The van der Waals surface area contributed by atoms with Gasteiger partial charge in [0.2, 0.25) is 5.91 Å². The van der Waals surface area contributed by atoms with Gasteiger partial charge in [0, 0.05) is 25.7 Å². The van der Waals surface area contributed by atoms with Gasteiger partial charge in [-0.25, -0.2) is 0 Å². The van der Waals surface area contributed by atoms with Crippen LogP contribution in [0, 0.1) is 5.92 Å². The van der Waals surface area contributed by atoms with Crippen molar-refractivity contribution in [2.45, 2.75) is 26.1 Å². The number of piperazine rings is 1. The Balaban J connectivity index is 0.00000225. The summed E-state index contributed by atoms with van der Waals surface area (Å²) in [7, 11) is 0. The number of halogens is 4. The third-order valence-corrected chi connectivity index (χ3v) is 2.65. The largest absolute Gasteiger partial charge is 0.400 e. The number of amides is 1. The van der Waals surface area contributed by atoms with Gasteiger partial charge in [-0.05, 0) is 13.8 Å². The molecule has 1 aliphatic heterocycles. The average molecular weight is 261 g/mol. The van der Waals surface area contributed by atoms with E-state index in [4.69, 9.17) is 0 Å². The second kappa shape index (κ2) is 5.72. The molecule has 2 atom stereocenters. The quantitative estimate of drug-likeness (QED) is 0.774. The number of nitrogens with one attached hydrogen (secondary N) is 1. The van der Waals surface area contributed by atoms with E-state index in [1.807, 2.05) is 0 Å². The van der Waals surface area contributed by atoms with Crippen LogP contribution < -0.4 is 5.32 Å². The summed E-state index contributed by atoms with van der Waals surface area (Å²) in [5.74, 6) is -2.73. The van der Waals surface area contributed by atoms with E-state index in [9.17, 15) is 18.0 Å². The standard InChI is InChI=1S/C9H15F3N2O.ClH/c1-6-5-13-3-4-14(6)8(15)7(2)9(10,11)12;/h6-7,13H,3-5H2,1-2H3;1H/t6-,7?;/m0./s1. The molecule has 0 radical (unpaired) electrons. The molecule has 1 aliphatic rings. The summed E-state index contributed by atoms with van der Waals surface area (Å²) >= 11 is 0. The SMILES string of the molecule is CC(C(=O)N1CCNC[C@@H]1C)C(F)(F)F.Cl. The highest BCUT2D eigenvalue weighted by molar-refractivity contribution is 5.85. The van der Waals surface area contributed by atoms with Crippen LogP contribution in [-0.4, -0.2) is 42.7 Å². The van der Waals surface area contributed by atoms with Gasteiger partial charge < -0.3 is 10.2 Å². The molecule has 16 heavy (non-hydrogen) atoms. The van der Waals surface area contributed by atoms with Crippen molar-refractivity contribution in [1.82, 2.24) is 10.2 Å². The lowest BCUT2D eigenvalue weighted by Gasteiger charge is -2.36. The highest BCUT2D eigenvalue weighted by Gasteiger charge is 2.43. The normalized spacial score (nSPS) is 23.6. The van der Waals surface area contributed by atoms with Crippen LogP contribution in [0.25, 0.3) is 0 Å². The molecule has 0 bridgehead atoms. The fraction of sp³-hybridized carbons (Fsp3) is 0.889. The van der Waals surface area contributed by atoms with E-state index in [1.54, 1.807) is 6.92 Å². The molecule has 1 unspecified atom stereocenters. The zero-order valence-electron chi connectivity index (χ0n) is 9.17. The molecule has 0 aromatic rings. The molecule has 0 spiro atoms. The smallest absolute Gasteiger partial charge is 0.337 e. The van der Waals surface area contributed by atoms with Gasteiger partial charge in [-0.3, -0.25) is 4.79 Å². The molecule has 0 aromatic carbocycles. The Morgan fingerprint density at radius 3 is 2.50 bits per heavy atom. The number of rotatable bonds is 1. The summed E-state index contributed by atoms with van der Waals surface area (Å²) in [5, 5.41) is 3.02. The monoisotopic (exact) mass is 260 g/mol. The maximum atomic E-state index is 12.3. The zero-order chi connectivity index (χ0) is 11.6. The van der Waals surface area contributed by atoms with Crippen LogP contribution in [0.3, 0.4) is 0 Å². The first-order valence-corrected chi connectivity index (χ1v) is 4.92. The molecule has 1 heterocycles. The minimum atomic E-state index is -4.44. The average Bonchev–Trinajstić information content (AvgIpc) is 2.15. The van der Waals surface area contributed by atoms with Gasteiger partial charge in [-0.1, -0.05) is 0 Å². The Bertz CT molecular complexity index is 247. The topological polar surface area (TPSA) is 32.3 Å². The summed E-state index contributed by atoms with van der Waals surface area (Å²) in [5.41, 5.74) is 0. The summed E-state index contributed by atoms with van der Waals surface area (Å²) in [6.07, 6.45) is -4.44. The third-order valence-electron chi connectivity index (χ3n) is 2.65. The first kappa shape index (κ1) is 15.5. The van der Waals surface area contributed by atoms with Crippen LogP contribution in [0.1, 0.15) is 13.8 Å². The summed E-state index contributed by atoms with van der Waals surface area (Å²) in [4.78, 5) is 12.8. The fourth-order valence-corrected chi connectivity index (χ4v) is 1.56. The Morgan fingerprint density at radius 1 is 1.50 bits per heavy atom.